The van der Waals surface area contributed by atoms with Crippen LogP contribution in [0.5, 0.6) is 0 Å². The van der Waals surface area contributed by atoms with Crippen molar-refractivity contribution in [3.8, 4) is 0 Å². The van der Waals surface area contributed by atoms with Gasteiger partial charge in [0.2, 0.25) is 5.91 Å². The molecule has 2 N–H and O–H groups in total. The van der Waals surface area contributed by atoms with Crippen LogP contribution in [0.1, 0.15) is 33.2 Å². The summed E-state index contributed by atoms with van der Waals surface area (Å²) in [7, 11) is 1.60. The van der Waals surface area contributed by atoms with Crippen molar-refractivity contribution in [2.45, 2.75) is 18.5 Å². The van der Waals surface area contributed by atoms with Gasteiger partial charge in [-0.25, -0.2) is 0 Å². The highest BCUT2D eigenvalue weighted by atomic mass is 16.5. The lowest BCUT2D eigenvalue weighted by Crippen LogP contribution is -2.52. The Hall–Kier alpha value is -3.12. The van der Waals surface area contributed by atoms with Crippen LogP contribution in [-0.2, 0) is 16.0 Å². The quantitative estimate of drug-likeness (QED) is 0.688. The van der Waals surface area contributed by atoms with Crippen LogP contribution in [0.15, 0.2) is 48.5 Å². The SMILES string of the molecule is COCCNC(=O)[C@@H]1Cc2c([nH]c3ccccc23)C2c3ccccc3C(=O)N21. The van der Waals surface area contributed by atoms with Crippen molar-refractivity contribution in [2.75, 3.05) is 20.3 Å². The zero-order valence-corrected chi connectivity index (χ0v) is 15.6. The van der Waals surface area contributed by atoms with E-state index < -0.39 is 6.04 Å². The molecule has 5 rings (SSSR count). The second-order valence-electron chi connectivity index (χ2n) is 7.27. The van der Waals surface area contributed by atoms with Crippen molar-refractivity contribution >= 4 is 22.7 Å². The van der Waals surface area contributed by atoms with Crippen molar-refractivity contribution in [1.29, 1.82) is 0 Å². The number of amides is 2. The Bertz CT molecular complexity index is 1090. The van der Waals surface area contributed by atoms with Crippen molar-refractivity contribution in [3.05, 3.63) is 70.9 Å². The molecule has 2 aliphatic rings. The molecule has 3 aromatic rings. The van der Waals surface area contributed by atoms with Gasteiger partial charge in [-0.2, -0.15) is 0 Å². The average Bonchev–Trinajstić information content (AvgIpc) is 3.24. The number of ether oxygens (including phenoxy) is 1. The minimum absolute atomic E-state index is 0.0863. The molecular formula is C22H21N3O3. The molecule has 142 valence electrons. The Balaban J connectivity index is 1.65. The molecule has 2 atom stereocenters. The molecule has 28 heavy (non-hydrogen) atoms. The normalized spacial score (nSPS) is 20.0. The summed E-state index contributed by atoms with van der Waals surface area (Å²) in [6.07, 6.45) is 0.494. The first-order valence-corrected chi connectivity index (χ1v) is 9.48. The number of carbonyl (C=O) groups excluding carboxylic acids is 2. The van der Waals surface area contributed by atoms with E-state index in [2.05, 4.69) is 16.4 Å². The fourth-order valence-corrected chi connectivity index (χ4v) is 4.53. The summed E-state index contributed by atoms with van der Waals surface area (Å²) >= 11 is 0. The zero-order valence-electron chi connectivity index (χ0n) is 15.6. The van der Waals surface area contributed by atoms with Gasteiger partial charge in [0.15, 0.2) is 0 Å². The number of fused-ring (bicyclic) bond motifs is 7. The van der Waals surface area contributed by atoms with Crippen molar-refractivity contribution in [2.24, 2.45) is 0 Å². The van der Waals surface area contributed by atoms with Crippen LogP contribution in [0.2, 0.25) is 0 Å². The van der Waals surface area contributed by atoms with Crippen molar-refractivity contribution in [3.63, 3.8) is 0 Å². The summed E-state index contributed by atoms with van der Waals surface area (Å²) in [5.41, 5.74) is 4.79. The van der Waals surface area contributed by atoms with Crippen molar-refractivity contribution < 1.29 is 14.3 Å². The molecule has 0 aliphatic carbocycles. The van der Waals surface area contributed by atoms with E-state index in [1.807, 2.05) is 42.5 Å². The highest BCUT2D eigenvalue weighted by Gasteiger charge is 2.48. The van der Waals surface area contributed by atoms with E-state index in [1.54, 1.807) is 12.0 Å². The van der Waals surface area contributed by atoms with Crippen LogP contribution in [0.25, 0.3) is 10.9 Å². The van der Waals surface area contributed by atoms with E-state index in [0.29, 0.717) is 25.1 Å². The average molecular weight is 375 g/mol. The van der Waals surface area contributed by atoms with Gasteiger partial charge in [-0.15, -0.1) is 0 Å². The smallest absolute Gasteiger partial charge is 0.255 e. The zero-order chi connectivity index (χ0) is 19.3. The van der Waals surface area contributed by atoms with E-state index in [4.69, 9.17) is 4.74 Å². The molecule has 1 aromatic heterocycles. The van der Waals surface area contributed by atoms with Crippen LogP contribution >= 0.6 is 0 Å². The Morgan fingerprint density at radius 2 is 2.00 bits per heavy atom. The first kappa shape index (κ1) is 17.0. The van der Waals surface area contributed by atoms with Gasteiger partial charge in [-0.3, -0.25) is 9.59 Å². The Kier molecular flexibility index (Phi) is 3.94. The van der Waals surface area contributed by atoms with Gasteiger partial charge in [0.25, 0.3) is 5.91 Å². The first-order valence-electron chi connectivity index (χ1n) is 9.48. The second kappa shape index (κ2) is 6.49. The number of aromatic amines is 1. The molecule has 2 amide bonds. The highest BCUT2D eigenvalue weighted by molar-refractivity contribution is 6.03. The molecule has 0 saturated carbocycles. The lowest BCUT2D eigenvalue weighted by Gasteiger charge is -2.37. The third-order valence-corrected chi connectivity index (χ3v) is 5.76. The number of para-hydroxylation sites is 1. The molecule has 0 radical (unpaired) electrons. The number of nitrogens with zero attached hydrogens (tertiary/aromatic N) is 1. The second-order valence-corrected chi connectivity index (χ2v) is 7.27. The number of benzene rings is 2. The molecule has 0 bridgehead atoms. The van der Waals surface area contributed by atoms with E-state index in [0.717, 1.165) is 27.7 Å². The molecule has 2 aliphatic heterocycles. The lowest BCUT2D eigenvalue weighted by atomic mass is 9.90. The van der Waals surface area contributed by atoms with Gasteiger partial charge in [0.1, 0.15) is 6.04 Å². The number of methoxy groups -OCH3 is 1. The van der Waals surface area contributed by atoms with Crippen LogP contribution < -0.4 is 5.32 Å². The molecule has 2 aromatic carbocycles. The summed E-state index contributed by atoms with van der Waals surface area (Å²) in [6, 6.07) is 14.9. The number of H-pyrrole nitrogens is 1. The molecule has 0 saturated heterocycles. The number of hydrogen-bond donors (Lipinski definition) is 2. The van der Waals surface area contributed by atoms with Gasteiger partial charge >= 0.3 is 0 Å². The molecule has 0 spiro atoms. The molecule has 3 heterocycles. The molecule has 6 nitrogen and oxygen atoms in total. The molecule has 0 fully saturated rings. The van der Waals surface area contributed by atoms with E-state index in [-0.39, 0.29) is 17.9 Å². The third kappa shape index (κ3) is 2.38. The van der Waals surface area contributed by atoms with Gasteiger partial charge in [0.05, 0.1) is 12.6 Å². The maximum absolute atomic E-state index is 13.2. The van der Waals surface area contributed by atoms with Crippen LogP contribution in [-0.4, -0.2) is 48.0 Å². The monoisotopic (exact) mass is 375 g/mol. The predicted octanol–water partition coefficient (Wildman–Crippen LogP) is 2.40. The first-order chi connectivity index (χ1) is 13.7. The fourth-order valence-electron chi connectivity index (χ4n) is 4.53. The van der Waals surface area contributed by atoms with Gasteiger partial charge in [-0.1, -0.05) is 36.4 Å². The van der Waals surface area contributed by atoms with E-state index >= 15 is 0 Å². The molecular weight excluding hydrogens is 354 g/mol. The van der Waals surface area contributed by atoms with Crippen LogP contribution in [0.3, 0.4) is 0 Å². The largest absolute Gasteiger partial charge is 0.383 e. The third-order valence-electron chi connectivity index (χ3n) is 5.76. The summed E-state index contributed by atoms with van der Waals surface area (Å²) < 4.78 is 5.04. The number of aromatic nitrogens is 1. The van der Waals surface area contributed by atoms with Crippen LogP contribution in [0.4, 0.5) is 0 Å². The standard InChI is InChI=1S/C22H21N3O3/c1-28-11-10-23-21(26)18-12-16-13-6-4-5-9-17(13)24-19(16)20-14-7-2-3-8-15(14)22(27)25(18)20/h2-9,18,20,24H,10-12H2,1H3,(H,23,26)/t18-,20?/m0/s1. The van der Waals surface area contributed by atoms with E-state index in [9.17, 15) is 9.59 Å². The fraction of sp³-hybridized carbons (Fsp3) is 0.273. The van der Waals surface area contributed by atoms with Crippen molar-refractivity contribution in [1.82, 2.24) is 15.2 Å². The van der Waals surface area contributed by atoms with E-state index in [1.165, 1.54) is 0 Å². The Morgan fingerprint density at radius 1 is 1.21 bits per heavy atom. The lowest BCUT2D eigenvalue weighted by molar-refractivity contribution is -0.126. The summed E-state index contributed by atoms with van der Waals surface area (Å²) in [6.45, 7) is 0.862. The highest BCUT2D eigenvalue weighted by Crippen LogP contribution is 2.46. The number of carbonyl (C=O) groups is 2. The maximum atomic E-state index is 13.2. The van der Waals surface area contributed by atoms with Crippen LogP contribution in [0, 0.1) is 0 Å². The Morgan fingerprint density at radius 3 is 2.86 bits per heavy atom. The minimum atomic E-state index is -0.548. The molecule has 6 heteroatoms. The number of hydrogen-bond acceptors (Lipinski definition) is 3. The van der Waals surface area contributed by atoms with Gasteiger partial charge in [-0.05, 0) is 23.3 Å². The van der Waals surface area contributed by atoms with Gasteiger partial charge < -0.3 is 19.9 Å². The summed E-state index contributed by atoms with van der Waals surface area (Å²) in [5, 5.41) is 4.03. The number of rotatable bonds is 4. The summed E-state index contributed by atoms with van der Waals surface area (Å²) in [4.78, 5) is 31.5. The topological polar surface area (TPSA) is 74.4 Å². The Labute approximate surface area is 162 Å². The molecule has 1 unspecified atom stereocenters. The maximum Gasteiger partial charge on any atom is 0.255 e. The predicted molar refractivity (Wildman–Crippen MR) is 105 cm³/mol. The van der Waals surface area contributed by atoms with Gasteiger partial charge in [0, 0.05) is 42.2 Å². The number of nitrogens with one attached hydrogen (secondary N) is 2. The summed E-state index contributed by atoms with van der Waals surface area (Å²) in [5.74, 6) is -0.226. The minimum Gasteiger partial charge on any atom is -0.383 e.